The topological polar surface area (TPSA) is 66.5 Å². The lowest BCUT2D eigenvalue weighted by Crippen LogP contribution is -2.46. The lowest BCUT2D eigenvalue weighted by atomic mass is 9.64. The first-order valence-corrected chi connectivity index (χ1v) is 8.26. The van der Waals surface area contributed by atoms with Crippen molar-refractivity contribution in [1.82, 2.24) is 10.2 Å². The van der Waals surface area contributed by atoms with Crippen molar-refractivity contribution in [3.8, 4) is 0 Å². The van der Waals surface area contributed by atoms with E-state index in [9.17, 15) is 14.4 Å². The molecular formula is C18H22N2O3. The number of likely N-dealkylation sites (tertiary alicyclic amines) is 1. The summed E-state index contributed by atoms with van der Waals surface area (Å²) in [5.74, 6) is -0.426. The van der Waals surface area contributed by atoms with Gasteiger partial charge in [0.25, 0.3) is 0 Å². The molecule has 3 amide bonds. The predicted octanol–water partition coefficient (Wildman–Crippen LogP) is 1.76. The third kappa shape index (κ3) is 3.28. The third-order valence-corrected chi connectivity index (χ3v) is 5.04. The maximum atomic E-state index is 12.1. The molecule has 0 bridgehead atoms. The molecule has 122 valence electrons. The Balaban J connectivity index is 1.50. The molecule has 2 aliphatic rings. The van der Waals surface area contributed by atoms with E-state index in [0.717, 1.165) is 12.8 Å². The van der Waals surface area contributed by atoms with E-state index in [1.54, 1.807) is 0 Å². The van der Waals surface area contributed by atoms with E-state index >= 15 is 0 Å². The maximum Gasteiger partial charge on any atom is 0.229 e. The minimum absolute atomic E-state index is 0.0518. The monoisotopic (exact) mass is 314 g/mol. The molecule has 1 aliphatic heterocycles. The molecule has 1 heterocycles. The number of hydrogen-bond donors (Lipinski definition) is 1. The summed E-state index contributed by atoms with van der Waals surface area (Å²) in [4.78, 5) is 36.3. The van der Waals surface area contributed by atoms with Crippen LogP contribution in [0.2, 0.25) is 0 Å². The molecule has 0 spiro atoms. The molecule has 1 saturated carbocycles. The molecule has 5 nitrogen and oxygen atoms in total. The van der Waals surface area contributed by atoms with Crippen LogP contribution >= 0.6 is 0 Å². The number of carbonyl (C=O) groups excluding carboxylic acids is 3. The van der Waals surface area contributed by atoms with Crippen molar-refractivity contribution in [2.24, 2.45) is 0 Å². The fourth-order valence-corrected chi connectivity index (χ4v) is 3.40. The van der Waals surface area contributed by atoms with Crippen LogP contribution in [0.25, 0.3) is 0 Å². The molecule has 3 rings (SSSR count). The fourth-order valence-electron chi connectivity index (χ4n) is 3.40. The summed E-state index contributed by atoms with van der Waals surface area (Å²) < 4.78 is 0. The first-order chi connectivity index (χ1) is 11.1. The molecule has 0 aromatic heterocycles. The van der Waals surface area contributed by atoms with Crippen molar-refractivity contribution in [3.05, 3.63) is 35.9 Å². The van der Waals surface area contributed by atoms with E-state index < -0.39 is 0 Å². The molecule has 1 aromatic rings. The van der Waals surface area contributed by atoms with Crippen molar-refractivity contribution >= 4 is 17.7 Å². The van der Waals surface area contributed by atoms with Gasteiger partial charge in [0.05, 0.1) is 0 Å². The Hall–Kier alpha value is -2.17. The van der Waals surface area contributed by atoms with Gasteiger partial charge in [-0.2, -0.15) is 0 Å². The van der Waals surface area contributed by atoms with Crippen LogP contribution in [-0.4, -0.2) is 35.7 Å². The van der Waals surface area contributed by atoms with Crippen molar-refractivity contribution in [3.63, 3.8) is 0 Å². The average molecular weight is 314 g/mol. The van der Waals surface area contributed by atoms with Crippen LogP contribution in [0, 0.1) is 0 Å². The van der Waals surface area contributed by atoms with Crippen molar-refractivity contribution in [2.45, 2.75) is 43.9 Å². The van der Waals surface area contributed by atoms with Crippen LogP contribution in [0.3, 0.4) is 0 Å². The highest BCUT2D eigenvalue weighted by Gasteiger charge is 2.38. The van der Waals surface area contributed by atoms with E-state index in [1.807, 2.05) is 18.2 Å². The minimum Gasteiger partial charge on any atom is -0.355 e. The second kappa shape index (κ2) is 6.52. The van der Waals surface area contributed by atoms with E-state index in [-0.39, 0.29) is 48.9 Å². The zero-order chi connectivity index (χ0) is 16.3. The van der Waals surface area contributed by atoms with E-state index in [2.05, 4.69) is 17.4 Å². The van der Waals surface area contributed by atoms with Gasteiger partial charge in [-0.05, 0) is 18.4 Å². The molecule has 0 radical (unpaired) electrons. The van der Waals surface area contributed by atoms with Crippen LogP contribution in [0.4, 0.5) is 0 Å². The summed E-state index contributed by atoms with van der Waals surface area (Å²) in [7, 11) is 0. The van der Waals surface area contributed by atoms with Gasteiger partial charge in [0, 0.05) is 37.8 Å². The molecule has 1 aromatic carbocycles. The Morgan fingerprint density at radius 1 is 1.09 bits per heavy atom. The smallest absolute Gasteiger partial charge is 0.229 e. The first-order valence-electron chi connectivity index (χ1n) is 8.26. The number of imide groups is 1. The lowest BCUT2D eigenvalue weighted by molar-refractivity contribution is -0.138. The van der Waals surface area contributed by atoms with E-state index in [4.69, 9.17) is 0 Å². The van der Waals surface area contributed by atoms with Crippen LogP contribution < -0.4 is 5.32 Å². The Morgan fingerprint density at radius 2 is 1.74 bits per heavy atom. The normalized spacial score (nSPS) is 19.6. The quantitative estimate of drug-likeness (QED) is 0.814. The van der Waals surface area contributed by atoms with Gasteiger partial charge in [-0.3, -0.25) is 19.3 Å². The van der Waals surface area contributed by atoms with Gasteiger partial charge in [0.2, 0.25) is 17.7 Å². The molecule has 5 heteroatoms. The molecule has 1 aliphatic carbocycles. The highest BCUT2D eigenvalue weighted by atomic mass is 16.2. The molecule has 1 N–H and O–H groups in total. The summed E-state index contributed by atoms with van der Waals surface area (Å²) in [6.07, 6.45) is 4.08. The first kappa shape index (κ1) is 15.7. The summed E-state index contributed by atoms with van der Waals surface area (Å²) in [6, 6.07) is 10.3. The standard InChI is InChI=1S/C18H22N2O3/c21-15(9-12-20-16(22)7-8-17(20)23)19-13-18(10-4-11-18)14-5-2-1-3-6-14/h1-3,5-6H,4,7-13H2,(H,19,21). The summed E-state index contributed by atoms with van der Waals surface area (Å²) in [5, 5.41) is 2.99. The van der Waals surface area contributed by atoms with Gasteiger partial charge in [-0.1, -0.05) is 36.8 Å². The number of amides is 3. The Labute approximate surface area is 136 Å². The highest BCUT2D eigenvalue weighted by Crippen LogP contribution is 2.43. The summed E-state index contributed by atoms with van der Waals surface area (Å²) in [5.41, 5.74) is 1.33. The summed E-state index contributed by atoms with van der Waals surface area (Å²) in [6.45, 7) is 0.819. The zero-order valence-corrected chi connectivity index (χ0v) is 13.2. The van der Waals surface area contributed by atoms with E-state index in [0.29, 0.717) is 6.54 Å². The van der Waals surface area contributed by atoms with Gasteiger partial charge in [0.1, 0.15) is 0 Å². The highest BCUT2D eigenvalue weighted by molar-refractivity contribution is 6.02. The summed E-state index contributed by atoms with van der Waals surface area (Å²) >= 11 is 0. The van der Waals surface area contributed by atoms with Crippen LogP contribution in [0.5, 0.6) is 0 Å². The van der Waals surface area contributed by atoms with Gasteiger partial charge in [0.15, 0.2) is 0 Å². The van der Waals surface area contributed by atoms with Gasteiger partial charge < -0.3 is 5.32 Å². The zero-order valence-electron chi connectivity index (χ0n) is 13.2. The second-order valence-electron chi connectivity index (χ2n) is 6.47. The third-order valence-electron chi connectivity index (χ3n) is 5.04. The predicted molar refractivity (Wildman–Crippen MR) is 85.6 cm³/mol. The van der Waals surface area contributed by atoms with Gasteiger partial charge >= 0.3 is 0 Å². The van der Waals surface area contributed by atoms with Crippen LogP contribution in [0.15, 0.2) is 30.3 Å². The Kier molecular flexibility index (Phi) is 4.46. The van der Waals surface area contributed by atoms with Crippen molar-refractivity contribution in [1.29, 1.82) is 0 Å². The van der Waals surface area contributed by atoms with Crippen molar-refractivity contribution in [2.75, 3.05) is 13.1 Å². The number of carbonyl (C=O) groups is 3. The Morgan fingerprint density at radius 3 is 2.30 bits per heavy atom. The molecule has 0 atom stereocenters. The molecule has 0 unspecified atom stereocenters. The number of hydrogen-bond acceptors (Lipinski definition) is 3. The van der Waals surface area contributed by atoms with Crippen LogP contribution in [-0.2, 0) is 19.8 Å². The lowest BCUT2D eigenvalue weighted by Gasteiger charge is -2.42. The SMILES string of the molecule is O=C(CCN1C(=O)CCC1=O)NCC1(c2ccccc2)CCC1. The minimum atomic E-state index is -0.164. The molecule has 2 fully saturated rings. The molecular weight excluding hydrogens is 292 g/mol. The molecule has 23 heavy (non-hydrogen) atoms. The average Bonchev–Trinajstić information content (AvgIpc) is 2.84. The van der Waals surface area contributed by atoms with Gasteiger partial charge in [-0.25, -0.2) is 0 Å². The Bertz CT molecular complexity index is 592. The van der Waals surface area contributed by atoms with Crippen LogP contribution in [0.1, 0.15) is 44.1 Å². The van der Waals surface area contributed by atoms with E-state index in [1.165, 1.54) is 16.9 Å². The number of benzene rings is 1. The van der Waals surface area contributed by atoms with Crippen molar-refractivity contribution < 1.29 is 14.4 Å². The van der Waals surface area contributed by atoms with Gasteiger partial charge in [-0.15, -0.1) is 0 Å². The second-order valence-corrected chi connectivity index (χ2v) is 6.47. The largest absolute Gasteiger partial charge is 0.355 e. The fraction of sp³-hybridized carbons (Fsp3) is 0.500. The number of nitrogens with one attached hydrogen (secondary N) is 1. The number of nitrogens with zero attached hydrogens (tertiary/aromatic N) is 1. The molecule has 1 saturated heterocycles. The number of rotatable bonds is 6. The maximum absolute atomic E-state index is 12.1.